The molecule has 5 rings (SSSR count). The molecule has 3 heterocycles. The molecule has 6 nitrogen and oxygen atoms in total. The van der Waals surface area contributed by atoms with Gasteiger partial charge in [-0.2, -0.15) is 0 Å². The van der Waals surface area contributed by atoms with Crippen molar-refractivity contribution in [1.82, 2.24) is 9.55 Å². The Bertz CT molecular complexity index is 1220. The van der Waals surface area contributed by atoms with Crippen LogP contribution in [-0.4, -0.2) is 34.7 Å². The Morgan fingerprint density at radius 2 is 2.10 bits per heavy atom. The smallest absolute Gasteiger partial charge is 0.262 e. The lowest BCUT2D eigenvalue weighted by Crippen LogP contribution is -2.30. The number of aromatic nitrogens is 2. The molecule has 2 aromatic carbocycles. The van der Waals surface area contributed by atoms with Gasteiger partial charge in [0.1, 0.15) is 0 Å². The van der Waals surface area contributed by atoms with Crippen LogP contribution in [0, 0.1) is 4.77 Å². The second kappa shape index (κ2) is 7.24. The van der Waals surface area contributed by atoms with E-state index in [9.17, 15) is 9.59 Å². The maximum Gasteiger partial charge on any atom is 0.262 e. The van der Waals surface area contributed by atoms with Crippen molar-refractivity contribution in [3.05, 3.63) is 68.7 Å². The van der Waals surface area contributed by atoms with Gasteiger partial charge in [0.2, 0.25) is 0 Å². The van der Waals surface area contributed by atoms with E-state index in [4.69, 9.17) is 17.0 Å². The number of fused-ring (bicyclic) bond motifs is 2. The number of carbonyl (C=O) groups is 1. The van der Waals surface area contributed by atoms with Crippen molar-refractivity contribution in [3.8, 4) is 0 Å². The van der Waals surface area contributed by atoms with E-state index < -0.39 is 0 Å². The van der Waals surface area contributed by atoms with Gasteiger partial charge in [-0.25, -0.2) is 0 Å². The van der Waals surface area contributed by atoms with Crippen LogP contribution >= 0.6 is 12.2 Å². The van der Waals surface area contributed by atoms with Crippen molar-refractivity contribution in [1.29, 1.82) is 0 Å². The van der Waals surface area contributed by atoms with Crippen molar-refractivity contribution in [2.75, 3.05) is 18.1 Å². The minimum atomic E-state index is -0.148. The van der Waals surface area contributed by atoms with Crippen molar-refractivity contribution >= 4 is 34.7 Å². The molecule has 0 bridgehead atoms. The summed E-state index contributed by atoms with van der Waals surface area (Å²) in [7, 11) is 0. The molecule has 1 fully saturated rings. The Hall–Kier alpha value is -2.77. The summed E-state index contributed by atoms with van der Waals surface area (Å²) in [4.78, 5) is 31.0. The molecule has 0 saturated carbocycles. The molecule has 2 aliphatic heterocycles. The van der Waals surface area contributed by atoms with Crippen LogP contribution < -0.4 is 10.5 Å². The van der Waals surface area contributed by atoms with Gasteiger partial charge in [0, 0.05) is 24.4 Å². The van der Waals surface area contributed by atoms with E-state index in [1.54, 1.807) is 27.7 Å². The molecule has 1 aromatic heterocycles. The lowest BCUT2D eigenvalue weighted by molar-refractivity contribution is 0.0957. The Labute approximate surface area is 172 Å². The van der Waals surface area contributed by atoms with Gasteiger partial charge in [0.25, 0.3) is 11.5 Å². The number of hydrogen-bond donors (Lipinski definition) is 1. The van der Waals surface area contributed by atoms with E-state index >= 15 is 0 Å². The van der Waals surface area contributed by atoms with Crippen LogP contribution in [0.2, 0.25) is 0 Å². The molecule has 0 radical (unpaired) electrons. The standard InChI is InChI=1S/C22H21N3O3S/c26-20(24-10-9-14-4-1-2-6-19(14)24)15-7-8-17-18(12-15)23-22(29)25(21(17)27)13-16-5-3-11-28-16/h1-2,4,6-8,12,16H,3,5,9-11,13H2,(H,23,29)/t16-/m1/s1. The number of amides is 1. The molecule has 148 valence electrons. The quantitative estimate of drug-likeness (QED) is 0.676. The Balaban J connectivity index is 1.50. The van der Waals surface area contributed by atoms with Crippen LogP contribution in [0.3, 0.4) is 0 Å². The van der Waals surface area contributed by atoms with Gasteiger partial charge in [-0.15, -0.1) is 0 Å². The fraction of sp³-hybridized carbons (Fsp3) is 0.318. The summed E-state index contributed by atoms with van der Waals surface area (Å²) in [6.45, 7) is 1.85. The van der Waals surface area contributed by atoms with E-state index in [1.807, 2.05) is 18.2 Å². The third-order valence-corrected chi connectivity index (χ3v) is 6.09. The van der Waals surface area contributed by atoms with Crippen LogP contribution in [0.25, 0.3) is 10.9 Å². The highest BCUT2D eigenvalue weighted by molar-refractivity contribution is 7.71. The number of anilines is 1. The fourth-order valence-corrected chi connectivity index (χ4v) is 4.52. The average Bonchev–Trinajstić information content (AvgIpc) is 3.40. The largest absolute Gasteiger partial charge is 0.376 e. The van der Waals surface area contributed by atoms with Gasteiger partial charge < -0.3 is 14.6 Å². The van der Waals surface area contributed by atoms with Crippen LogP contribution in [0.5, 0.6) is 0 Å². The number of nitrogens with zero attached hydrogens (tertiary/aromatic N) is 2. The third kappa shape index (κ3) is 3.20. The fourth-order valence-electron chi connectivity index (χ4n) is 4.25. The number of para-hydroxylation sites is 1. The second-order valence-electron chi connectivity index (χ2n) is 7.58. The molecular weight excluding hydrogens is 386 g/mol. The summed E-state index contributed by atoms with van der Waals surface area (Å²) >= 11 is 5.43. The molecule has 1 amide bonds. The average molecular weight is 407 g/mol. The second-order valence-corrected chi connectivity index (χ2v) is 7.96. The SMILES string of the molecule is O=C(c1ccc2c(=O)n(C[C@H]3CCCO3)c(=S)[nH]c2c1)N1CCc2ccccc21. The lowest BCUT2D eigenvalue weighted by atomic mass is 10.1. The zero-order chi connectivity index (χ0) is 20.0. The molecule has 3 aromatic rings. The molecule has 0 spiro atoms. The number of H-pyrrole nitrogens is 1. The molecular formula is C22H21N3O3S. The first-order chi connectivity index (χ1) is 14.1. The number of rotatable bonds is 3. The van der Waals surface area contributed by atoms with Crippen LogP contribution in [-0.2, 0) is 17.7 Å². The number of benzene rings is 2. The molecule has 1 atom stereocenters. The number of carbonyl (C=O) groups excluding carboxylic acids is 1. The first-order valence-corrected chi connectivity index (χ1v) is 10.3. The molecule has 7 heteroatoms. The minimum absolute atomic E-state index is 0.0244. The summed E-state index contributed by atoms with van der Waals surface area (Å²) in [6, 6.07) is 13.1. The van der Waals surface area contributed by atoms with Crippen LogP contribution in [0.15, 0.2) is 47.3 Å². The highest BCUT2D eigenvalue weighted by Gasteiger charge is 2.25. The maximum absolute atomic E-state index is 13.1. The predicted octanol–water partition coefficient (Wildman–Crippen LogP) is 3.44. The first kappa shape index (κ1) is 18.3. The lowest BCUT2D eigenvalue weighted by Gasteiger charge is -2.18. The van der Waals surface area contributed by atoms with Gasteiger partial charge in [0.05, 0.1) is 23.6 Å². The van der Waals surface area contributed by atoms with Crippen LogP contribution in [0.1, 0.15) is 28.8 Å². The van der Waals surface area contributed by atoms with Crippen molar-refractivity contribution in [2.24, 2.45) is 0 Å². The number of hydrogen-bond acceptors (Lipinski definition) is 4. The van der Waals surface area contributed by atoms with E-state index in [1.165, 1.54) is 5.56 Å². The first-order valence-electron chi connectivity index (χ1n) is 9.90. The molecule has 29 heavy (non-hydrogen) atoms. The number of nitrogens with one attached hydrogen (secondary N) is 1. The van der Waals surface area contributed by atoms with Crippen molar-refractivity contribution < 1.29 is 9.53 Å². The zero-order valence-electron chi connectivity index (χ0n) is 15.9. The van der Waals surface area contributed by atoms with Crippen molar-refractivity contribution in [2.45, 2.75) is 31.9 Å². The Kier molecular flexibility index (Phi) is 4.56. The topological polar surface area (TPSA) is 67.3 Å². The summed E-state index contributed by atoms with van der Waals surface area (Å²) in [5, 5.41) is 0.523. The summed E-state index contributed by atoms with van der Waals surface area (Å²) in [5.74, 6) is -0.0697. The highest BCUT2D eigenvalue weighted by atomic mass is 32.1. The number of ether oxygens (including phenoxy) is 1. The van der Waals surface area contributed by atoms with Crippen LogP contribution in [0.4, 0.5) is 5.69 Å². The molecule has 1 N–H and O–H groups in total. The maximum atomic E-state index is 13.1. The van der Waals surface area contributed by atoms with Gasteiger partial charge >= 0.3 is 0 Å². The monoisotopic (exact) mass is 407 g/mol. The zero-order valence-corrected chi connectivity index (χ0v) is 16.7. The highest BCUT2D eigenvalue weighted by Crippen LogP contribution is 2.29. The van der Waals surface area contributed by atoms with E-state index in [-0.39, 0.29) is 17.6 Å². The van der Waals surface area contributed by atoms with Gasteiger partial charge in [-0.1, -0.05) is 18.2 Å². The van der Waals surface area contributed by atoms with Crippen molar-refractivity contribution in [3.63, 3.8) is 0 Å². The summed E-state index contributed by atoms with van der Waals surface area (Å²) in [5.41, 5.74) is 3.11. The number of aromatic amines is 1. The molecule has 2 aliphatic rings. The van der Waals surface area contributed by atoms with E-state index in [2.05, 4.69) is 11.1 Å². The predicted molar refractivity (Wildman–Crippen MR) is 114 cm³/mol. The third-order valence-electron chi connectivity index (χ3n) is 5.77. The molecule has 0 unspecified atom stereocenters. The Morgan fingerprint density at radius 1 is 1.24 bits per heavy atom. The van der Waals surface area contributed by atoms with Gasteiger partial charge in [-0.3, -0.25) is 14.2 Å². The van der Waals surface area contributed by atoms with E-state index in [0.717, 1.165) is 31.6 Å². The molecule has 1 saturated heterocycles. The van der Waals surface area contributed by atoms with Gasteiger partial charge in [0.15, 0.2) is 4.77 Å². The Morgan fingerprint density at radius 3 is 2.93 bits per heavy atom. The molecule has 0 aliphatic carbocycles. The summed E-state index contributed by atoms with van der Waals surface area (Å²) in [6.07, 6.45) is 2.82. The van der Waals surface area contributed by atoms with E-state index in [0.29, 0.717) is 34.3 Å². The normalized spacial score (nSPS) is 18.3. The summed E-state index contributed by atoms with van der Waals surface area (Å²) < 4.78 is 7.56. The van der Waals surface area contributed by atoms with Gasteiger partial charge in [-0.05, 0) is 61.3 Å². The minimum Gasteiger partial charge on any atom is -0.376 e.